The Bertz CT molecular complexity index is 1150. The van der Waals surface area contributed by atoms with Crippen LogP contribution < -0.4 is 0 Å². The van der Waals surface area contributed by atoms with Gasteiger partial charge in [-0.1, -0.05) is 59.7 Å². The average molecular weight is 562 g/mol. The fourth-order valence-electron chi connectivity index (χ4n) is 3.41. The number of rotatable bonds is 2. The van der Waals surface area contributed by atoms with Gasteiger partial charge in [-0.25, -0.2) is 0 Å². The molecule has 0 aliphatic heterocycles. The van der Waals surface area contributed by atoms with Crippen LogP contribution in [-0.4, -0.2) is 9.97 Å². The van der Waals surface area contributed by atoms with E-state index in [4.69, 9.17) is 0 Å². The van der Waals surface area contributed by atoms with Crippen LogP contribution in [0.2, 0.25) is 0 Å². The second-order valence-electron chi connectivity index (χ2n) is 6.24. The van der Waals surface area contributed by atoms with Crippen molar-refractivity contribution in [2.45, 2.75) is 0 Å². The maximum Gasteiger partial charge on any atom is 0.0189 e. The van der Waals surface area contributed by atoms with E-state index >= 15 is 0 Å². The molecule has 0 aliphatic rings. The van der Waals surface area contributed by atoms with Gasteiger partial charge in [-0.2, -0.15) is 0 Å². The predicted octanol–water partition coefficient (Wildman–Crippen LogP) is 6.60. The van der Waals surface area contributed by atoms with Gasteiger partial charge in [0.15, 0.2) is 0 Å². The first kappa shape index (κ1) is 18.8. The number of pyridine rings is 2. The quantitative estimate of drug-likeness (QED) is 0.227. The van der Waals surface area contributed by atoms with Gasteiger partial charge in [0.2, 0.25) is 0 Å². The Kier molecular flexibility index (Phi) is 5.81. The van der Waals surface area contributed by atoms with Gasteiger partial charge in [0.25, 0.3) is 0 Å². The second kappa shape index (κ2) is 8.64. The van der Waals surface area contributed by atoms with E-state index in [2.05, 4.69) is 61.9 Å². The van der Waals surface area contributed by atoms with Crippen LogP contribution in [0.1, 0.15) is 0 Å². The molecule has 0 radical (unpaired) electrons. The summed E-state index contributed by atoms with van der Waals surface area (Å²) in [5.41, 5.74) is 3.86. The van der Waals surface area contributed by atoms with E-state index in [-0.39, 0.29) is 0 Å². The number of fused-ring (bicyclic) bond motifs is 2. The summed E-state index contributed by atoms with van der Waals surface area (Å²) in [6, 6.07) is 30.4. The summed E-state index contributed by atoms with van der Waals surface area (Å²) in [6.45, 7) is 0. The first-order chi connectivity index (χ1) is 13.9. The smallest absolute Gasteiger partial charge is 0.0189 e. The zero-order chi connectivity index (χ0) is 19.3. The molecule has 0 saturated carbocycles. The molecule has 2 heterocycles. The van der Waals surface area contributed by atoms with Crippen molar-refractivity contribution in [3.8, 4) is 22.5 Å². The molecular weight excluding hydrogens is 547 g/mol. The first-order valence-electron chi connectivity index (χ1n) is 8.73. The molecule has 0 fully saturated rings. The molecular formula is C24H15ClN2Pt. The van der Waals surface area contributed by atoms with Crippen LogP contribution in [0.15, 0.2) is 91.3 Å². The molecule has 0 spiro atoms. The largest absolute Gasteiger partial charge is 0.294 e. The molecule has 0 amide bonds. The zero-order valence-electron chi connectivity index (χ0n) is 14.7. The van der Waals surface area contributed by atoms with Crippen molar-refractivity contribution < 1.29 is 18.8 Å². The number of benzene rings is 3. The molecule has 5 rings (SSSR count). The molecule has 5 aromatic rings. The van der Waals surface area contributed by atoms with Crippen LogP contribution in [0.3, 0.4) is 0 Å². The molecule has 0 saturated heterocycles. The minimum atomic E-state index is 0.949. The molecule has 138 valence electrons. The summed E-state index contributed by atoms with van der Waals surface area (Å²) in [5.74, 6) is 0. The van der Waals surface area contributed by atoms with E-state index in [1.165, 1.54) is 10.8 Å². The van der Waals surface area contributed by atoms with Crippen LogP contribution in [0.4, 0.5) is 0 Å². The van der Waals surface area contributed by atoms with Crippen molar-refractivity contribution in [3.05, 3.63) is 97.3 Å². The minimum Gasteiger partial charge on any atom is -0.294 e. The maximum absolute atomic E-state index is 4.62. The Balaban J connectivity index is 0.000000932. The van der Waals surface area contributed by atoms with Crippen LogP contribution in [0, 0.1) is 6.07 Å². The van der Waals surface area contributed by atoms with E-state index in [0.717, 1.165) is 33.3 Å². The number of hydrogen-bond donors (Lipinski definition) is 0. The fraction of sp³-hybridized carbons (Fsp3) is 0. The summed E-state index contributed by atoms with van der Waals surface area (Å²) in [5, 5.41) is 4.63. The average Bonchev–Trinajstić information content (AvgIpc) is 2.80. The van der Waals surface area contributed by atoms with E-state index in [1.54, 1.807) is 18.8 Å². The van der Waals surface area contributed by atoms with E-state index in [1.807, 2.05) is 54.9 Å². The van der Waals surface area contributed by atoms with Crippen molar-refractivity contribution >= 4 is 31.0 Å². The van der Waals surface area contributed by atoms with Gasteiger partial charge in [0, 0.05) is 23.8 Å². The maximum atomic E-state index is 4.62. The van der Waals surface area contributed by atoms with Gasteiger partial charge in [-0.3, -0.25) is 9.97 Å². The van der Waals surface area contributed by atoms with Crippen LogP contribution in [0.5, 0.6) is 0 Å². The van der Waals surface area contributed by atoms with Crippen molar-refractivity contribution in [3.63, 3.8) is 0 Å². The third-order valence-corrected chi connectivity index (χ3v) is 4.65. The third kappa shape index (κ3) is 3.58. The van der Waals surface area contributed by atoms with Gasteiger partial charge in [0.1, 0.15) is 0 Å². The monoisotopic (exact) mass is 561 g/mol. The van der Waals surface area contributed by atoms with Gasteiger partial charge in [-0.15, -0.1) is 24.3 Å². The normalized spacial score (nSPS) is 10.5. The van der Waals surface area contributed by atoms with Gasteiger partial charge < -0.3 is 0 Å². The van der Waals surface area contributed by atoms with E-state index in [9.17, 15) is 0 Å². The van der Waals surface area contributed by atoms with Crippen LogP contribution >= 0.6 is 9.42 Å². The van der Waals surface area contributed by atoms with Crippen molar-refractivity contribution in [2.75, 3.05) is 0 Å². The SMILES string of the molecule is [Cl][Pt+].[c-]1c(-c2nccc3ccccc23)cccc1-c1nccc2ccccc12. The topological polar surface area (TPSA) is 25.8 Å². The van der Waals surface area contributed by atoms with Crippen LogP contribution in [0.25, 0.3) is 44.1 Å². The van der Waals surface area contributed by atoms with Crippen molar-refractivity contribution in [2.24, 2.45) is 0 Å². The Morgan fingerprint density at radius 2 is 1.04 bits per heavy atom. The second-order valence-corrected chi connectivity index (χ2v) is 6.24. The summed E-state index contributed by atoms with van der Waals surface area (Å²) in [6.07, 6.45) is 3.71. The van der Waals surface area contributed by atoms with Gasteiger partial charge >= 0.3 is 28.2 Å². The Labute approximate surface area is 179 Å². The molecule has 2 nitrogen and oxygen atoms in total. The van der Waals surface area contributed by atoms with E-state index in [0.29, 0.717) is 0 Å². The Hall–Kier alpha value is -2.54. The predicted molar refractivity (Wildman–Crippen MR) is 113 cm³/mol. The number of nitrogens with zero attached hydrogens (tertiary/aromatic N) is 2. The molecule has 0 unspecified atom stereocenters. The van der Waals surface area contributed by atoms with Crippen molar-refractivity contribution in [1.29, 1.82) is 0 Å². The Morgan fingerprint density at radius 1 is 0.571 bits per heavy atom. The number of hydrogen-bond acceptors (Lipinski definition) is 2. The third-order valence-electron chi connectivity index (χ3n) is 4.65. The molecule has 0 atom stereocenters. The molecule has 28 heavy (non-hydrogen) atoms. The van der Waals surface area contributed by atoms with Crippen LogP contribution in [-0.2, 0) is 18.8 Å². The first-order valence-corrected chi connectivity index (χ1v) is 11.5. The minimum absolute atomic E-state index is 0.949. The number of aromatic nitrogens is 2. The standard InChI is InChI=1S/C24H15N2.ClH.Pt/c1-3-10-21-17(6-1)12-14-25-23(21)19-8-5-9-20(16-19)24-22-11-4-2-7-18(22)13-15-26-24;;/h1-15H;1H;/q-1;;+2/p-1. The molecule has 2 aromatic heterocycles. The van der Waals surface area contributed by atoms with Crippen molar-refractivity contribution in [1.82, 2.24) is 9.97 Å². The Morgan fingerprint density at radius 3 is 1.54 bits per heavy atom. The summed E-state index contributed by atoms with van der Waals surface area (Å²) < 4.78 is 0. The molecule has 3 aromatic carbocycles. The number of halogens is 1. The summed E-state index contributed by atoms with van der Waals surface area (Å²) in [7, 11) is 4.61. The fourth-order valence-corrected chi connectivity index (χ4v) is 3.41. The van der Waals surface area contributed by atoms with E-state index < -0.39 is 0 Å². The van der Waals surface area contributed by atoms with Gasteiger partial charge in [-0.05, 0) is 33.7 Å². The van der Waals surface area contributed by atoms with Gasteiger partial charge in [0.05, 0.1) is 0 Å². The molecule has 0 aliphatic carbocycles. The molecule has 4 heteroatoms. The molecule has 0 N–H and O–H groups in total. The zero-order valence-corrected chi connectivity index (χ0v) is 17.8. The summed E-state index contributed by atoms with van der Waals surface area (Å²) in [4.78, 5) is 9.25. The molecule has 0 bridgehead atoms. The summed E-state index contributed by atoms with van der Waals surface area (Å²) >= 11 is 1.61.